The van der Waals surface area contributed by atoms with Crippen molar-refractivity contribution in [3.05, 3.63) is 18.2 Å². The van der Waals surface area contributed by atoms with Crippen LogP contribution in [-0.2, 0) is 9.59 Å². The second-order valence-electron chi connectivity index (χ2n) is 7.91. The second-order valence-corrected chi connectivity index (χ2v) is 7.91. The van der Waals surface area contributed by atoms with Gasteiger partial charge >= 0.3 is 0 Å². The molecule has 1 aliphatic carbocycles. The molecule has 7 nitrogen and oxygen atoms in total. The molecule has 1 atom stereocenters. The first kappa shape index (κ1) is 24.0. The third kappa shape index (κ3) is 6.62. The van der Waals surface area contributed by atoms with Crippen molar-refractivity contribution < 1.29 is 19.1 Å². The SMILES string of the molecule is CCOc1ccc(NC(=O)CN(C)[C@H](C)C(=O)N(C)C2CCCCC2)cc1OCC. The summed E-state index contributed by atoms with van der Waals surface area (Å²) in [7, 11) is 3.69. The van der Waals surface area contributed by atoms with Crippen LogP contribution < -0.4 is 14.8 Å². The number of rotatable bonds is 10. The fourth-order valence-electron chi connectivity index (χ4n) is 3.82. The summed E-state index contributed by atoms with van der Waals surface area (Å²) < 4.78 is 11.2. The average Bonchev–Trinajstić information content (AvgIpc) is 2.74. The number of hydrogen-bond acceptors (Lipinski definition) is 5. The third-order valence-electron chi connectivity index (χ3n) is 5.71. The zero-order valence-electron chi connectivity index (χ0n) is 19.1. The number of nitrogens with one attached hydrogen (secondary N) is 1. The van der Waals surface area contributed by atoms with Crippen LogP contribution in [0.3, 0.4) is 0 Å². The molecule has 1 saturated carbocycles. The lowest BCUT2D eigenvalue weighted by Gasteiger charge is -2.35. The van der Waals surface area contributed by atoms with Gasteiger partial charge in [-0.2, -0.15) is 0 Å². The van der Waals surface area contributed by atoms with E-state index in [2.05, 4.69) is 5.32 Å². The molecule has 1 aromatic carbocycles. The predicted octanol–water partition coefficient (Wildman–Crippen LogP) is 3.53. The first-order chi connectivity index (χ1) is 14.4. The minimum atomic E-state index is -0.359. The summed E-state index contributed by atoms with van der Waals surface area (Å²) in [4.78, 5) is 29.1. The fourth-order valence-corrected chi connectivity index (χ4v) is 3.82. The number of carbonyl (C=O) groups is 2. The van der Waals surface area contributed by atoms with Crippen molar-refractivity contribution >= 4 is 17.5 Å². The Morgan fingerprint density at radius 2 is 1.70 bits per heavy atom. The van der Waals surface area contributed by atoms with Gasteiger partial charge in [0.15, 0.2) is 11.5 Å². The molecule has 0 bridgehead atoms. The van der Waals surface area contributed by atoms with E-state index in [-0.39, 0.29) is 24.4 Å². The zero-order chi connectivity index (χ0) is 22.1. The molecule has 0 aromatic heterocycles. The number of amides is 2. The Morgan fingerprint density at radius 1 is 1.07 bits per heavy atom. The van der Waals surface area contributed by atoms with Gasteiger partial charge in [0, 0.05) is 24.8 Å². The summed E-state index contributed by atoms with van der Waals surface area (Å²) in [6.45, 7) is 6.85. The summed E-state index contributed by atoms with van der Waals surface area (Å²) in [5.41, 5.74) is 0.638. The number of anilines is 1. The highest BCUT2D eigenvalue weighted by Crippen LogP contribution is 2.30. The quantitative estimate of drug-likeness (QED) is 0.628. The Bertz CT molecular complexity index is 704. The molecular weight excluding hydrogens is 382 g/mol. The molecule has 0 unspecified atom stereocenters. The van der Waals surface area contributed by atoms with Crippen molar-refractivity contribution in [2.24, 2.45) is 0 Å². The highest BCUT2D eigenvalue weighted by molar-refractivity contribution is 5.93. The largest absolute Gasteiger partial charge is 0.490 e. The van der Waals surface area contributed by atoms with E-state index in [1.54, 1.807) is 30.1 Å². The maximum Gasteiger partial charge on any atom is 0.239 e. The molecule has 1 aromatic rings. The maximum absolute atomic E-state index is 12.9. The van der Waals surface area contributed by atoms with Crippen LogP contribution in [0.1, 0.15) is 52.9 Å². The minimum absolute atomic E-state index is 0.0666. The van der Waals surface area contributed by atoms with E-state index in [0.29, 0.717) is 36.4 Å². The van der Waals surface area contributed by atoms with Gasteiger partial charge in [0.2, 0.25) is 11.8 Å². The molecule has 30 heavy (non-hydrogen) atoms. The van der Waals surface area contributed by atoms with Crippen LogP contribution in [0, 0.1) is 0 Å². The van der Waals surface area contributed by atoms with Gasteiger partial charge in [0.1, 0.15) is 0 Å². The van der Waals surface area contributed by atoms with Gasteiger partial charge in [-0.15, -0.1) is 0 Å². The van der Waals surface area contributed by atoms with Crippen molar-refractivity contribution in [1.82, 2.24) is 9.80 Å². The summed E-state index contributed by atoms with van der Waals surface area (Å²) in [6, 6.07) is 5.30. The number of benzene rings is 1. The van der Waals surface area contributed by atoms with Crippen molar-refractivity contribution in [2.75, 3.05) is 39.2 Å². The molecule has 0 radical (unpaired) electrons. The smallest absolute Gasteiger partial charge is 0.239 e. The molecule has 2 rings (SSSR count). The lowest BCUT2D eigenvalue weighted by Crippen LogP contribution is -2.49. The monoisotopic (exact) mass is 419 g/mol. The van der Waals surface area contributed by atoms with Gasteiger partial charge in [-0.25, -0.2) is 0 Å². The highest BCUT2D eigenvalue weighted by atomic mass is 16.5. The Morgan fingerprint density at radius 3 is 2.33 bits per heavy atom. The van der Waals surface area contributed by atoms with Crippen LogP contribution in [0.25, 0.3) is 0 Å². The number of carbonyl (C=O) groups excluding carboxylic acids is 2. The van der Waals surface area contributed by atoms with E-state index in [0.717, 1.165) is 12.8 Å². The van der Waals surface area contributed by atoms with Gasteiger partial charge in [-0.05, 0) is 52.8 Å². The van der Waals surface area contributed by atoms with E-state index in [9.17, 15) is 9.59 Å². The van der Waals surface area contributed by atoms with Crippen LogP contribution in [0.15, 0.2) is 18.2 Å². The van der Waals surface area contributed by atoms with E-state index in [1.807, 2.05) is 32.7 Å². The number of hydrogen-bond donors (Lipinski definition) is 1. The lowest BCUT2D eigenvalue weighted by molar-refractivity contribution is -0.137. The molecule has 2 amide bonds. The van der Waals surface area contributed by atoms with E-state index in [1.165, 1.54) is 19.3 Å². The summed E-state index contributed by atoms with van der Waals surface area (Å²) >= 11 is 0. The Balaban J connectivity index is 1.93. The number of likely N-dealkylation sites (N-methyl/N-ethyl adjacent to an activating group) is 2. The molecule has 0 saturated heterocycles. The molecule has 0 heterocycles. The van der Waals surface area contributed by atoms with Crippen molar-refractivity contribution in [2.45, 2.75) is 65.0 Å². The average molecular weight is 420 g/mol. The minimum Gasteiger partial charge on any atom is -0.490 e. The van der Waals surface area contributed by atoms with Crippen LogP contribution in [0.2, 0.25) is 0 Å². The molecule has 0 spiro atoms. The van der Waals surface area contributed by atoms with E-state index < -0.39 is 0 Å². The molecule has 168 valence electrons. The van der Waals surface area contributed by atoms with Gasteiger partial charge in [0.25, 0.3) is 0 Å². The van der Waals surface area contributed by atoms with Gasteiger partial charge < -0.3 is 19.7 Å². The topological polar surface area (TPSA) is 71.1 Å². The maximum atomic E-state index is 12.9. The predicted molar refractivity (Wildman–Crippen MR) is 119 cm³/mol. The molecule has 0 aliphatic heterocycles. The fraction of sp³-hybridized carbons (Fsp3) is 0.652. The summed E-state index contributed by atoms with van der Waals surface area (Å²) in [5, 5.41) is 2.89. The molecule has 1 fully saturated rings. The van der Waals surface area contributed by atoms with Crippen LogP contribution in [-0.4, -0.2) is 67.6 Å². The first-order valence-corrected chi connectivity index (χ1v) is 11.0. The molecule has 1 N–H and O–H groups in total. The third-order valence-corrected chi connectivity index (χ3v) is 5.71. The highest BCUT2D eigenvalue weighted by Gasteiger charge is 2.28. The van der Waals surface area contributed by atoms with Crippen LogP contribution >= 0.6 is 0 Å². The second kappa shape index (κ2) is 11.8. The Hall–Kier alpha value is -2.28. The van der Waals surface area contributed by atoms with Gasteiger partial charge in [-0.3, -0.25) is 14.5 Å². The number of ether oxygens (including phenoxy) is 2. The molecule has 1 aliphatic rings. The molecular formula is C23H37N3O4. The normalized spacial score (nSPS) is 15.5. The lowest BCUT2D eigenvalue weighted by atomic mass is 9.94. The van der Waals surface area contributed by atoms with Crippen molar-refractivity contribution in [3.63, 3.8) is 0 Å². The van der Waals surface area contributed by atoms with Crippen molar-refractivity contribution in [1.29, 1.82) is 0 Å². The van der Waals surface area contributed by atoms with Crippen molar-refractivity contribution in [3.8, 4) is 11.5 Å². The van der Waals surface area contributed by atoms with Crippen LogP contribution in [0.4, 0.5) is 5.69 Å². The zero-order valence-corrected chi connectivity index (χ0v) is 19.1. The number of nitrogens with zero attached hydrogens (tertiary/aromatic N) is 2. The van der Waals surface area contributed by atoms with Gasteiger partial charge in [0.05, 0.1) is 25.8 Å². The van der Waals surface area contributed by atoms with E-state index >= 15 is 0 Å². The first-order valence-electron chi connectivity index (χ1n) is 11.0. The summed E-state index contributed by atoms with van der Waals surface area (Å²) in [5.74, 6) is 1.14. The van der Waals surface area contributed by atoms with Crippen LogP contribution in [0.5, 0.6) is 11.5 Å². The Kier molecular flexibility index (Phi) is 9.43. The Labute approximate surface area is 180 Å². The molecule has 7 heteroatoms. The standard InChI is InChI=1S/C23H37N3O4/c1-6-29-20-14-13-18(15-21(20)30-7-2)24-22(27)16-25(4)17(3)23(28)26(5)19-11-9-8-10-12-19/h13-15,17,19H,6-12,16H2,1-5H3,(H,24,27)/t17-/m1/s1. The van der Waals surface area contributed by atoms with E-state index in [4.69, 9.17) is 9.47 Å². The summed E-state index contributed by atoms with van der Waals surface area (Å²) in [6.07, 6.45) is 5.75. The van der Waals surface area contributed by atoms with Gasteiger partial charge in [-0.1, -0.05) is 19.3 Å².